The SMILES string of the molecule is C#CCNc1ccc(Cl)cc1OC. The molecule has 68 valence electrons. The van der Waals surface area contributed by atoms with Gasteiger partial charge in [0.1, 0.15) is 5.75 Å². The van der Waals surface area contributed by atoms with E-state index in [1.54, 1.807) is 19.2 Å². The van der Waals surface area contributed by atoms with Gasteiger partial charge in [-0.25, -0.2) is 0 Å². The number of terminal acetylenes is 1. The van der Waals surface area contributed by atoms with Crippen LogP contribution < -0.4 is 10.1 Å². The van der Waals surface area contributed by atoms with Crippen LogP contribution in [0.25, 0.3) is 0 Å². The van der Waals surface area contributed by atoms with E-state index < -0.39 is 0 Å². The third kappa shape index (κ3) is 2.57. The Bertz CT molecular complexity index is 330. The van der Waals surface area contributed by atoms with E-state index in [1.807, 2.05) is 6.07 Å². The van der Waals surface area contributed by atoms with E-state index in [0.29, 0.717) is 17.3 Å². The van der Waals surface area contributed by atoms with Crippen LogP contribution in [0, 0.1) is 12.3 Å². The van der Waals surface area contributed by atoms with Crippen molar-refractivity contribution in [2.45, 2.75) is 0 Å². The standard InChI is InChI=1S/C10H10ClNO/c1-3-6-12-9-5-4-8(11)7-10(9)13-2/h1,4-5,7,12H,6H2,2H3. The van der Waals surface area contributed by atoms with Crippen molar-refractivity contribution in [2.24, 2.45) is 0 Å². The molecule has 0 radical (unpaired) electrons. The van der Waals surface area contributed by atoms with E-state index >= 15 is 0 Å². The Morgan fingerprint density at radius 3 is 3.00 bits per heavy atom. The van der Waals surface area contributed by atoms with Crippen molar-refractivity contribution in [3.05, 3.63) is 23.2 Å². The van der Waals surface area contributed by atoms with Gasteiger partial charge in [0.2, 0.25) is 0 Å². The van der Waals surface area contributed by atoms with Gasteiger partial charge in [0, 0.05) is 11.1 Å². The summed E-state index contributed by atoms with van der Waals surface area (Å²) in [5.41, 5.74) is 0.852. The zero-order chi connectivity index (χ0) is 9.68. The predicted octanol–water partition coefficient (Wildman–Crippen LogP) is 2.39. The number of nitrogens with one attached hydrogen (secondary N) is 1. The van der Waals surface area contributed by atoms with Crippen LogP contribution in [-0.4, -0.2) is 13.7 Å². The lowest BCUT2D eigenvalue weighted by Gasteiger charge is -2.08. The summed E-state index contributed by atoms with van der Waals surface area (Å²) >= 11 is 5.78. The van der Waals surface area contributed by atoms with Gasteiger partial charge in [-0.3, -0.25) is 0 Å². The summed E-state index contributed by atoms with van der Waals surface area (Å²) in [6.07, 6.45) is 5.12. The second-order valence-electron chi connectivity index (χ2n) is 2.40. The van der Waals surface area contributed by atoms with Crippen LogP contribution in [0.4, 0.5) is 5.69 Å². The minimum Gasteiger partial charge on any atom is -0.495 e. The van der Waals surface area contributed by atoms with E-state index in [-0.39, 0.29) is 0 Å². The second-order valence-corrected chi connectivity index (χ2v) is 2.84. The summed E-state index contributed by atoms with van der Waals surface area (Å²) in [6.45, 7) is 0.470. The second kappa shape index (κ2) is 4.64. The molecule has 0 amide bonds. The molecule has 0 aliphatic heterocycles. The van der Waals surface area contributed by atoms with E-state index in [4.69, 9.17) is 22.8 Å². The first-order valence-electron chi connectivity index (χ1n) is 3.79. The van der Waals surface area contributed by atoms with Crippen LogP contribution in [0.3, 0.4) is 0 Å². The Morgan fingerprint density at radius 2 is 2.38 bits per heavy atom. The Kier molecular flexibility index (Phi) is 3.48. The summed E-state index contributed by atoms with van der Waals surface area (Å²) in [6, 6.07) is 5.35. The normalized spacial score (nSPS) is 9.00. The van der Waals surface area contributed by atoms with Crippen molar-refractivity contribution in [3.63, 3.8) is 0 Å². The summed E-state index contributed by atoms with van der Waals surface area (Å²) in [7, 11) is 1.59. The fraction of sp³-hybridized carbons (Fsp3) is 0.200. The first kappa shape index (κ1) is 9.76. The smallest absolute Gasteiger partial charge is 0.143 e. The molecule has 2 nitrogen and oxygen atoms in total. The molecule has 0 unspecified atom stereocenters. The van der Waals surface area contributed by atoms with Gasteiger partial charge in [-0.2, -0.15) is 0 Å². The van der Waals surface area contributed by atoms with E-state index in [2.05, 4.69) is 11.2 Å². The summed E-state index contributed by atoms with van der Waals surface area (Å²) < 4.78 is 5.11. The molecule has 0 fully saturated rings. The lowest BCUT2D eigenvalue weighted by molar-refractivity contribution is 0.416. The van der Waals surface area contributed by atoms with Gasteiger partial charge in [-0.1, -0.05) is 17.5 Å². The van der Waals surface area contributed by atoms with E-state index in [1.165, 1.54) is 0 Å². The van der Waals surface area contributed by atoms with Gasteiger partial charge in [0.05, 0.1) is 19.3 Å². The molecule has 0 aliphatic carbocycles. The molecule has 0 saturated heterocycles. The number of halogens is 1. The molecule has 0 heterocycles. The van der Waals surface area contributed by atoms with E-state index in [0.717, 1.165) is 5.69 Å². The molecule has 1 rings (SSSR count). The Morgan fingerprint density at radius 1 is 1.62 bits per heavy atom. The molecule has 0 spiro atoms. The molecule has 0 saturated carbocycles. The number of anilines is 1. The van der Waals surface area contributed by atoms with Crippen LogP contribution in [0.5, 0.6) is 5.75 Å². The van der Waals surface area contributed by atoms with Crippen molar-refractivity contribution >= 4 is 17.3 Å². The van der Waals surface area contributed by atoms with Crippen LogP contribution in [0.15, 0.2) is 18.2 Å². The first-order chi connectivity index (χ1) is 6.27. The highest BCUT2D eigenvalue weighted by Gasteiger charge is 2.01. The van der Waals surface area contributed by atoms with Gasteiger partial charge >= 0.3 is 0 Å². The number of methoxy groups -OCH3 is 1. The van der Waals surface area contributed by atoms with Crippen LogP contribution in [0.1, 0.15) is 0 Å². The van der Waals surface area contributed by atoms with Crippen LogP contribution in [0.2, 0.25) is 5.02 Å². The van der Waals surface area contributed by atoms with Crippen molar-refractivity contribution < 1.29 is 4.74 Å². The van der Waals surface area contributed by atoms with Crippen LogP contribution >= 0.6 is 11.6 Å². The zero-order valence-corrected chi connectivity index (χ0v) is 8.06. The fourth-order valence-electron chi connectivity index (χ4n) is 0.957. The molecule has 13 heavy (non-hydrogen) atoms. The fourth-order valence-corrected chi connectivity index (χ4v) is 1.12. The molecular formula is C10H10ClNO. The third-order valence-corrected chi connectivity index (χ3v) is 1.78. The van der Waals surface area contributed by atoms with E-state index in [9.17, 15) is 0 Å². The van der Waals surface area contributed by atoms with Crippen molar-refractivity contribution in [3.8, 4) is 18.1 Å². The zero-order valence-electron chi connectivity index (χ0n) is 7.30. The molecule has 1 N–H and O–H groups in total. The number of hydrogen-bond donors (Lipinski definition) is 1. The van der Waals surface area contributed by atoms with Gasteiger partial charge in [-0.05, 0) is 12.1 Å². The van der Waals surface area contributed by atoms with Crippen molar-refractivity contribution in [1.29, 1.82) is 0 Å². The summed E-state index contributed by atoms with van der Waals surface area (Å²) in [5.74, 6) is 3.18. The topological polar surface area (TPSA) is 21.3 Å². The molecule has 0 aliphatic rings. The minimum absolute atomic E-state index is 0.470. The highest BCUT2D eigenvalue weighted by molar-refractivity contribution is 6.30. The third-order valence-electron chi connectivity index (χ3n) is 1.54. The maximum atomic E-state index is 5.78. The van der Waals surface area contributed by atoms with Gasteiger partial charge in [0.15, 0.2) is 0 Å². The summed E-state index contributed by atoms with van der Waals surface area (Å²) in [5, 5.41) is 3.66. The molecule has 1 aromatic carbocycles. The Labute approximate surface area is 82.9 Å². The lowest BCUT2D eigenvalue weighted by atomic mass is 10.3. The molecule has 0 atom stereocenters. The van der Waals surface area contributed by atoms with Gasteiger partial charge in [0.25, 0.3) is 0 Å². The maximum absolute atomic E-state index is 5.78. The van der Waals surface area contributed by atoms with Crippen LogP contribution in [-0.2, 0) is 0 Å². The number of rotatable bonds is 3. The van der Waals surface area contributed by atoms with Gasteiger partial charge < -0.3 is 10.1 Å². The first-order valence-corrected chi connectivity index (χ1v) is 4.16. The lowest BCUT2D eigenvalue weighted by Crippen LogP contribution is -2.00. The Balaban J connectivity index is 2.87. The molecule has 0 bridgehead atoms. The number of hydrogen-bond acceptors (Lipinski definition) is 2. The molecule has 0 aromatic heterocycles. The molecule has 3 heteroatoms. The molecule has 1 aromatic rings. The van der Waals surface area contributed by atoms with Crippen molar-refractivity contribution in [2.75, 3.05) is 19.0 Å². The Hall–Kier alpha value is -1.33. The van der Waals surface area contributed by atoms with Crippen molar-refractivity contribution in [1.82, 2.24) is 0 Å². The quantitative estimate of drug-likeness (QED) is 0.748. The average molecular weight is 196 g/mol. The monoisotopic (exact) mass is 195 g/mol. The number of benzene rings is 1. The highest BCUT2D eigenvalue weighted by Crippen LogP contribution is 2.27. The largest absolute Gasteiger partial charge is 0.495 e. The highest BCUT2D eigenvalue weighted by atomic mass is 35.5. The molecular weight excluding hydrogens is 186 g/mol. The predicted molar refractivity (Wildman–Crippen MR) is 55.3 cm³/mol. The average Bonchev–Trinajstić information content (AvgIpc) is 2.16. The number of ether oxygens (including phenoxy) is 1. The minimum atomic E-state index is 0.470. The maximum Gasteiger partial charge on any atom is 0.143 e. The van der Waals surface area contributed by atoms with Gasteiger partial charge in [-0.15, -0.1) is 6.42 Å². The summed E-state index contributed by atoms with van der Waals surface area (Å²) in [4.78, 5) is 0.